The van der Waals surface area contributed by atoms with E-state index in [1.807, 2.05) is 44.2 Å². The number of nitrogens with zero attached hydrogens (tertiary/aromatic N) is 2. The van der Waals surface area contributed by atoms with E-state index >= 15 is 0 Å². The lowest BCUT2D eigenvalue weighted by atomic mass is 10.0. The van der Waals surface area contributed by atoms with Crippen molar-refractivity contribution in [3.05, 3.63) is 98.4 Å². The number of nitrogens with one attached hydrogen (secondary N) is 1. The Labute approximate surface area is 254 Å². The molecule has 7 nitrogen and oxygen atoms in total. The van der Waals surface area contributed by atoms with Crippen LogP contribution in [0.1, 0.15) is 25.0 Å². The van der Waals surface area contributed by atoms with E-state index in [4.69, 9.17) is 23.2 Å². The minimum Gasteiger partial charge on any atom is -0.354 e. The zero-order valence-electron chi connectivity index (χ0n) is 22.5. The Balaban J connectivity index is 2.09. The molecule has 214 valence electrons. The highest BCUT2D eigenvalue weighted by molar-refractivity contribution is 9.10. The highest BCUT2D eigenvalue weighted by Gasteiger charge is 2.33. The first-order chi connectivity index (χ1) is 18.9. The third-order valence-electron chi connectivity index (χ3n) is 6.12. The van der Waals surface area contributed by atoms with Crippen molar-refractivity contribution >= 4 is 66.7 Å². The molecule has 40 heavy (non-hydrogen) atoms. The Morgan fingerprint density at radius 1 is 0.950 bits per heavy atom. The molecule has 0 aliphatic carbocycles. The fraction of sp³-hybridized carbons (Fsp3) is 0.310. The third kappa shape index (κ3) is 8.96. The van der Waals surface area contributed by atoms with E-state index in [0.717, 1.165) is 16.1 Å². The van der Waals surface area contributed by atoms with Crippen molar-refractivity contribution in [1.29, 1.82) is 0 Å². The largest absolute Gasteiger partial charge is 0.354 e. The van der Waals surface area contributed by atoms with Crippen molar-refractivity contribution in [1.82, 2.24) is 10.2 Å². The first-order valence-corrected chi connectivity index (χ1v) is 16.0. The van der Waals surface area contributed by atoms with Crippen LogP contribution in [-0.2, 0) is 32.6 Å². The highest BCUT2D eigenvalue weighted by atomic mass is 79.9. The first-order valence-electron chi connectivity index (χ1n) is 12.6. The van der Waals surface area contributed by atoms with Crippen molar-refractivity contribution in [3.63, 3.8) is 0 Å². The molecular formula is C29H32BrCl2N3O4S. The van der Waals surface area contributed by atoms with Crippen molar-refractivity contribution in [2.24, 2.45) is 5.92 Å². The van der Waals surface area contributed by atoms with Gasteiger partial charge in [-0.3, -0.25) is 13.9 Å². The van der Waals surface area contributed by atoms with Crippen LogP contribution in [0, 0.1) is 5.92 Å². The summed E-state index contributed by atoms with van der Waals surface area (Å²) in [6.45, 7) is 3.73. The molecule has 0 aromatic heterocycles. The van der Waals surface area contributed by atoms with E-state index in [0.29, 0.717) is 32.3 Å². The second kappa shape index (κ2) is 14.3. The number of hydrogen-bond acceptors (Lipinski definition) is 4. The molecule has 1 atom stereocenters. The van der Waals surface area contributed by atoms with E-state index in [9.17, 15) is 18.0 Å². The fourth-order valence-electron chi connectivity index (χ4n) is 4.08. The van der Waals surface area contributed by atoms with Crippen LogP contribution >= 0.6 is 39.1 Å². The van der Waals surface area contributed by atoms with Gasteiger partial charge in [-0.05, 0) is 41.8 Å². The summed E-state index contributed by atoms with van der Waals surface area (Å²) >= 11 is 16.3. The smallest absolute Gasteiger partial charge is 0.244 e. The fourth-order valence-corrected chi connectivity index (χ4v) is 5.82. The predicted octanol–water partition coefficient (Wildman–Crippen LogP) is 5.93. The summed E-state index contributed by atoms with van der Waals surface area (Å²) in [5.74, 6) is -0.759. The number of sulfonamides is 1. The lowest BCUT2D eigenvalue weighted by Crippen LogP contribution is -2.53. The summed E-state index contributed by atoms with van der Waals surface area (Å²) in [4.78, 5) is 29.1. The minimum absolute atomic E-state index is 0.0972. The molecular weight excluding hydrogens is 637 g/mol. The number of carbonyl (C=O) groups excluding carboxylic acids is 2. The van der Waals surface area contributed by atoms with Crippen molar-refractivity contribution in [3.8, 4) is 0 Å². The monoisotopic (exact) mass is 667 g/mol. The molecule has 0 saturated carbocycles. The second-order valence-electron chi connectivity index (χ2n) is 9.82. The Hall–Kier alpha value is -2.59. The van der Waals surface area contributed by atoms with Gasteiger partial charge in [0.2, 0.25) is 21.8 Å². The maximum absolute atomic E-state index is 14.1. The summed E-state index contributed by atoms with van der Waals surface area (Å²) in [7, 11) is -3.87. The summed E-state index contributed by atoms with van der Waals surface area (Å²) in [6.07, 6.45) is 1.24. The number of hydrogen-bond donors (Lipinski definition) is 1. The van der Waals surface area contributed by atoms with Gasteiger partial charge in [-0.2, -0.15) is 0 Å². The predicted molar refractivity (Wildman–Crippen MR) is 165 cm³/mol. The van der Waals surface area contributed by atoms with E-state index < -0.39 is 28.5 Å². The molecule has 0 fully saturated rings. The van der Waals surface area contributed by atoms with E-state index in [1.54, 1.807) is 42.5 Å². The molecule has 0 radical (unpaired) electrons. The van der Waals surface area contributed by atoms with Gasteiger partial charge in [-0.15, -0.1) is 0 Å². The highest BCUT2D eigenvalue weighted by Crippen LogP contribution is 2.28. The molecule has 0 spiro atoms. The maximum atomic E-state index is 14.1. The SMILES string of the molecule is CC(C)CNC(=O)C(Cc1ccccc1)N(Cc1c(Cl)cccc1Cl)C(=O)CN(c1cccc(Br)c1)S(C)(=O)=O. The molecule has 0 saturated heterocycles. The van der Waals surface area contributed by atoms with Gasteiger partial charge < -0.3 is 10.2 Å². The van der Waals surface area contributed by atoms with E-state index in [1.165, 1.54) is 4.90 Å². The van der Waals surface area contributed by atoms with Crippen LogP contribution in [0.25, 0.3) is 0 Å². The summed E-state index contributed by atoms with van der Waals surface area (Å²) in [5, 5.41) is 3.60. The van der Waals surface area contributed by atoms with Crippen LogP contribution in [0.4, 0.5) is 5.69 Å². The number of halogens is 3. The molecule has 0 aliphatic heterocycles. The average molecular weight is 669 g/mol. The molecule has 2 amide bonds. The van der Waals surface area contributed by atoms with E-state index in [2.05, 4.69) is 21.2 Å². The van der Waals surface area contributed by atoms with Crippen LogP contribution in [0.3, 0.4) is 0 Å². The van der Waals surface area contributed by atoms with Crippen LogP contribution in [-0.4, -0.2) is 50.5 Å². The Morgan fingerprint density at radius 2 is 1.57 bits per heavy atom. The summed E-state index contributed by atoms with van der Waals surface area (Å²) < 4.78 is 27.4. The van der Waals surface area contributed by atoms with Gasteiger partial charge in [0.15, 0.2) is 0 Å². The van der Waals surface area contributed by atoms with Crippen LogP contribution in [0.2, 0.25) is 10.0 Å². The average Bonchev–Trinajstić information content (AvgIpc) is 2.89. The Bertz CT molecular complexity index is 1420. The molecule has 3 aromatic carbocycles. The van der Waals surface area contributed by atoms with Crippen molar-refractivity contribution in [2.75, 3.05) is 23.7 Å². The molecule has 0 bridgehead atoms. The molecule has 0 heterocycles. The standard InChI is InChI=1S/C29H32BrCl2N3O4S/c1-20(2)17-33-29(37)27(15-21-9-5-4-6-10-21)34(18-24-25(31)13-8-14-26(24)32)28(36)19-35(40(3,38)39)23-12-7-11-22(30)16-23/h4-14,16,20,27H,15,17-19H2,1-3H3,(H,33,37). The molecule has 11 heteroatoms. The molecule has 1 unspecified atom stereocenters. The second-order valence-corrected chi connectivity index (χ2v) is 13.5. The number of rotatable bonds is 12. The number of benzene rings is 3. The zero-order valence-corrected chi connectivity index (χ0v) is 26.4. The van der Waals surface area contributed by atoms with Gasteiger partial charge in [0.25, 0.3) is 0 Å². The van der Waals surface area contributed by atoms with Gasteiger partial charge >= 0.3 is 0 Å². The zero-order chi connectivity index (χ0) is 29.4. The quantitative estimate of drug-likeness (QED) is 0.259. The van der Waals surface area contributed by atoms with Gasteiger partial charge in [-0.25, -0.2) is 8.42 Å². The third-order valence-corrected chi connectivity index (χ3v) is 8.46. The van der Waals surface area contributed by atoms with Crippen molar-refractivity contribution < 1.29 is 18.0 Å². The van der Waals surface area contributed by atoms with Crippen LogP contribution in [0.5, 0.6) is 0 Å². The van der Waals surface area contributed by atoms with E-state index in [-0.39, 0.29) is 24.8 Å². The topological polar surface area (TPSA) is 86.8 Å². The number of carbonyl (C=O) groups is 2. The molecule has 1 N–H and O–H groups in total. The maximum Gasteiger partial charge on any atom is 0.244 e. The Kier molecular flexibility index (Phi) is 11.5. The number of anilines is 1. The number of amides is 2. The van der Waals surface area contributed by atoms with Gasteiger partial charge in [0.05, 0.1) is 11.9 Å². The van der Waals surface area contributed by atoms with Crippen LogP contribution < -0.4 is 9.62 Å². The first kappa shape index (κ1) is 31.9. The van der Waals surface area contributed by atoms with Crippen LogP contribution in [0.15, 0.2) is 77.3 Å². The normalized spacial score (nSPS) is 12.2. The Morgan fingerprint density at radius 3 is 2.15 bits per heavy atom. The molecule has 3 rings (SSSR count). The minimum atomic E-state index is -3.87. The summed E-state index contributed by atoms with van der Waals surface area (Å²) in [5.41, 5.74) is 1.61. The lowest BCUT2D eigenvalue weighted by Gasteiger charge is -2.34. The lowest BCUT2D eigenvalue weighted by molar-refractivity contribution is -0.140. The van der Waals surface area contributed by atoms with Gasteiger partial charge in [0, 0.05) is 39.6 Å². The molecule has 0 aliphatic rings. The van der Waals surface area contributed by atoms with Crippen molar-refractivity contribution in [2.45, 2.75) is 32.9 Å². The molecule has 3 aromatic rings. The van der Waals surface area contributed by atoms with Gasteiger partial charge in [0.1, 0.15) is 12.6 Å². The van der Waals surface area contributed by atoms with Gasteiger partial charge in [-0.1, -0.05) is 95.4 Å². The summed E-state index contributed by atoms with van der Waals surface area (Å²) in [6, 6.07) is 20.0.